The Kier molecular flexibility index (Phi) is 3.23. The summed E-state index contributed by atoms with van der Waals surface area (Å²) in [5, 5.41) is 15.0. The lowest BCUT2D eigenvalue weighted by atomic mass is 9.86. The van der Waals surface area contributed by atoms with E-state index in [2.05, 4.69) is 10.2 Å². The summed E-state index contributed by atoms with van der Waals surface area (Å²) in [6, 6.07) is 0. The number of nitrogens with one attached hydrogen (secondary N) is 1. The highest BCUT2D eigenvalue weighted by atomic mass is 19.4. The lowest BCUT2D eigenvalue weighted by Gasteiger charge is -2.27. The second-order valence-corrected chi connectivity index (χ2v) is 4.77. The molecular formula is C11H12F3N3O3. The molecule has 9 heteroatoms. The van der Waals surface area contributed by atoms with Gasteiger partial charge in [0.05, 0.1) is 11.8 Å². The van der Waals surface area contributed by atoms with Crippen molar-refractivity contribution < 1.29 is 27.9 Å². The van der Waals surface area contributed by atoms with Crippen molar-refractivity contribution in [2.24, 2.45) is 5.41 Å². The van der Waals surface area contributed by atoms with Crippen LogP contribution in [0.2, 0.25) is 0 Å². The molecule has 2 heterocycles. The summed E-state index contributed by atoms with van der Waals surface area (Å²) in [6.45, 7) is 0.426. The highest BCUT2D eigenvalue weighted by molar-refractivity contribution is 5.95. The first-order chi connectivity index (χ1) is 9.19. The van der Waals surface area contributed by atoms with Crippen molar-refractivity contribution in [3.05, 3.63) is 17.5 Å². The summed E-state index contributed by atoms with van der Waals surface area (Å²) >= 11 is 0. The number of H-pyrrole nitrogens is 1. The maximum Gasteiger partial charge on any atom is 0.406 e. The number of hydrogen-bond donors (Lipinski definition) is 2. The molecule has 2 N–H and O–H groups in total. The van der Waals surface area contributed by atoms with Gasteiger partial charge in [0, 0.05) is 18.8 Å². The van der Waals surface area contributed by atoms with Crippen LogP contribution in [0.5, 0.6) is 0 Å². The molecule has 1 aliphatic heterocycles. The maximum atomic E-state index is 13.0. The third-order valence-electron chi connectivity index (χ3n) is 3.57. The number of nitrogens with zero attached hydrogens (tertiary/aromatic N) is 2. The predicted molar refractivity (Wildman–Crippen MR) is 60.0 cm³/mol. The van der Waals surface area contributed by atoms with Gasteiger partial charge in [0.2, 0.25) is 0 Å². The molecule has 110 valence electrons. The Morgan fingerprint density at radius 3 is 2.55 bits per heavy atom. The number of carbonyl (C=O) groups is 2. The zero-order chi connectivity index (χ0) is 15.1. The molecule has 0 saturated carbocycles. The first-order valence-corrected chi connectivity index (χ1v) is 5.78. The van der Waals surface area contributed by atoms with Gasteiger partial charge in [-0.3, -0.25) is 14.7 Å². The third kappa shape index (κ3) is 2.02. The molecule has 0 aromatic carbocycles. The minimum atomic E-state index is -4.90. The summed E-state index contributed by atoms with van der Waals surface area (Å²) in [5.41, 5.74) is -2.32. The topological polar surface area (TPSA) is 86.3 Å². The number of alkyl halides is 3. The van der Waals surface area contributed by atoms with Crippen molar-refractivity contribution in [2.45, 2.75) is 19.5 Å². The molecule has 0 aliphatic carbocycles. The van der Waals surface area contributed by atoms with Crippen LogP contribution in [-0.2, 0) is 4.79 Å². The van der Waals surface area contributed by atoms with Crippen molar-refractivity contribution in [1.29, 1.82) is 0 Å². The van der Waals surface area contributed by atoms with Gasteiger partial charge in [-0.25, -0.2) is 0 Å². The Morgan fingerprint density at radius 2 is 2.15 bits per heavy atom. The Balaban J connectivity index is 2.26. The first-order valence-electron chi connectivity index (χ1n) is 5.78. The number of aromatic amines is 1. The van der Waals surface area contributed by atoms with Crippen LogP contribution in [-0.4, -0.2) is 51.3 Å². The van der Waals surface area contributed by atoms with Crippen molar-refractivity contribution in [3.8, 4) is 0 Å². The van der Waals surface area contributed by atoms with E-state index < -0.39 is 36.4 Å². The molecule has 1 unspecified atom stereocenters. The molecule has 1 fully saturated rings. The molecule has 1 amide bonds. The van der Waals surface area contributed by atoms with Gasteiger partial charge in [0.15, 0.2) is 5.41 Å². The minimum Gasteiger partial charge on any atom is -0.481 e. The van der Waals surface area contributed by atoms with Crippen molar-refractivity contribution >= 4 is 11.9 Å². The normalized spacial score (nSPS) is 23.1. The molecule has 0 spiro atoms. The molecule has 0 radical (unpaired) electrons. The second kappa shape index (κ2) is 4.50. The molecule has 0 bridgehead atoms. The predicted octanol–water partition coefficient (Wildman–Crippen LogP) is 1.20. The fourth-order valence-electron chi connectivity index (χ4n) is 2.25. The summed E-state index contributed by atoms with van der Waals surface area (Å²) in [7, 11) is 0. The van der Waals surface area contributed by atoms with E-state index in [1.54, 1.807) is 6.92 Å². The van der Waals surface area contributed by atoms with E-state index in [0.29, 0.717) is 5.69 Å². The maximum absolute atomic E-state index is 13.0. The van der Waals surface area contributed by atoms with Crippen LogP contribution >= 0.6 is 0 Å². The highest BCUT2D eigenvalue weighted by Gasteiger charge is 2.64. The largest absolute Gasteiger partial charge is 0.481 e. The van der Waals surface area contributed by atoms with Crippen LogP contribution in [0, 0.1) is 12.3 Å². The van der Waals surface area contributed by atoms with Gasteiger partial charge in [0.1, 0.15) is 0 Å². The van der Waals surface area contributed by atoms with Gasteiger partial charge in [0.25, 0.3) is 5.91 Å². The third-order valence-corrected chi connectivity index (χ3v) is 3.57. The Morgan fingerprint density at radius 1 is 1.50 bits per heavy atom. The van der Waals surface area contributed by atoms with Crippen LogP contribution in [0.4, 0.5) is 13.2 Å². The van der Waals surface area contributed by atoms with Gasteiger partial charge >= 0.3 is 12.1 Å². The fourth-order valence-corrected chi connectivity index (χ4v) is 2.25. The Hall–Kier alpha value is -2.06. The van der Waals surface area contributed by atoms with Crippen LogP contribution in [0.3, 0.4) is 0 Å². The van der Waals surface area contributed by atoms with Gasteiger partial charge in [-0.2, -0.15) is 18.3 Å². The van der Waals surface area contributed by atoms with Crippen molar-refractivity contribution in [3.63, 3.8) is 0 Å². The van der Waals surface area contributed by atoms with E-state index in [9.17, 15) is 22.8 Å². The van der Waals surface area contributed by atoms with Gasteiger partial charge in [-0.05, 0) is 13.3 Å². The Bertz CT molecular complexity index is 555. The molecule has 6 nitrogen and oxygen atoms in total. The minimum absolute atomic E-state index is 0.147. The molecule has 1 aromatic rings. The quantitative estimate of drug-likeness (QED) is 0.857. The number of rotatable bonds is 2. The molecule has 1 atom stereocenters. The number of carbonyl (C=O) groups excluding carboxylic acids is 1. The van der Waals surface area contributed by atoms with Crippen LogP contribution in [0.15, 0.2) is 6.20 Å². The number of aliphatic carboxylic acids is 1. The zero-order valence-electron chi connectivity index (χ0n) is 10.5. The molecule has 20 heavy (non-hydrogen) atoms. The van der Waals surface area contributed by atoms with Crippen LogP contribution in [0.1, 0.15) is 22.5 Å². The average molecular weight is 291 g/mol. The van der Waals surface area contributed by atoms with Gasteiger partial charge in [-0.1, -0.05) is 0 Å². The van der Waals surface area contributed by atoms with Crippen LogP contribution < -0.4 is 0 Å². The van der Waals surface area contributed by atoms with Crippen LogP contribution in [0.25, 0.3) is 0 Å². The fraction of sp³-hybridized carbons (Fsp3) is 0.545. The van der Waals surface area contributed by atoms with E-state index in [1.807, 2.05) is 0 Å². The van der Waals surface area contributed by atoms with E-state index in [4.69, 9.17) is 5.11 Å². The SMILES string of the molecule is Cc1[nH]ncc1C(=O)N1CCC(C(=O)O)(C(F)(F)F)C1. The standard InChI is InChI=1S/C11H12F3N3O3/c1-6-7(4-15-16-6)8(18)17-3-2-10(5-17,9(19)20)11(12,13)14/h4H,2-3,5H2,1H3,(H,15,16)(H,19,20). The van der Waals surface area contributed by atoms with Crippen molar-refractivity contribution in [2.75, 3.05) is 13.1 Å². The van der Waals surface area contributed by atoms with E-state index >= 15 is 0 Å². The molecule has 1 aromatic heterocycles. The number of carboxylic acid groups (broad SMARTS) is 1. The summed E-state index contributed by atoms with van der Waals surface area (Å²) in [6.07, 6.45) is -4.33. The van der Waals surface area contributed by atoms with Crippen molar-refractivity contribution in [1.82, 2.24) is 15.1 Å². The number of amides is 1. The number of carboxylic acids is 1. The smallest absolute Gasteiger partial charge is 0.406 e. The zero-order valence-corrected chi connectivity index (χ0v) is 10.5. The van der Waals surface area contributed by atoms with Gasteiger partial charge < -0.3 is 10.0 Å². The first kappa shape index (κ1) is 14.4. The molecule has 1 saturated heterocycles. The number of aromatic nitrogens is 2. The van der Waals surface area contributed by atoms with E-state index in [-0.39, 0.29) is 12.1 Å². The second-order valence-electron chi connectivity index (χ2n) is 4.77. The monoisotopic (exact) mass is 291 g/mol. The average Bonchev–Trinajstić information content (AvgIpc) is 2.93. The highest BCUT2D eigenvalue weighted by Crippen LogP contribution is 2.46. The van der Waals surface area contributed by atoms with Gasteiger partial charge in [-0.15, -0.1) is 0 Å². The lowest BCUT2D eigenvalue weighted by Crippen LogP contribution is -2.47. The molecule has 2 rings (SSSR count). The number of aryl methyl sites for hydroxylation is 1. The summed E-state index contributed by atoms with van der Waals surface area (Å²) in [5.74, 6) is -2.60. The number of likely N-dealkylation sites (tertiary alicyclic amines) is 1. The molecule has 1 aliphatic rings. The molecular weight excluding hydrogens is 279 g/mol. The van der Waals surface area contributed by atoms with E-state index in [1.165, 1.54) is 6.20 Å². The number of hydrogen-bond acceptors (Lipinski definition) is 3. The summed E-state index contributed by atoms with van der Waals surface area (Å²) in [4.78, 5) is 24.0. The Labute approximate surface area is 111 Å². The number of halogens is 3. The van der Waals surface area contributed by atoms with E-state index in [0.717, 1.165) is 4.90 Å². The lowest BCUT2D eigenvalue weighted by molar-refractivity contribution is -0.227. The summed E-state index contributed by atoms with van der Waals surface area (Å²) < 4.78 is 39.0.